The third kappa shape index (κ3) is 5.27. The minimum atomic E-state index is -0.178. The second-order valence-electron chi connectivity index (χ2n) is 6.68. The Balaban J connectivity index is 1.88. The van der Waals surface area contributed by atoms with Gasteiger partial charge in [0, 0.05) is 31.2 Å². The van der Waals surface area contributed by atoms with Gasteiger partial charge < -0.3 is 15.5 Å². The van der Waals surface area contributed by atoms with E-state index in [1.807, 2.05) is 43.0 Å². The van der Waals surface area contributed by atoms with Crippen molar-refractivity contribution in [2.75, 3.05) is 13.1 Å². The van der Waals surface area contributed by atoms with E-state index in [9.17, 15) is 9.59 Å². The minimum Gasteiger partial charge on any atom is -0.338 e. The Kier molecular flexibility index (Phi) is 6.02. The van der Waals surface area contributed by atoms with E-state index in [1.54, 1.807) is 0 Å². The summed E-state index contributed by atoms with van der Waals surface area (Å²) >= 11 is 0. The van der Waals surface area contributed by atoms with Crippen LogP contribution in [-0.4, -0.2) is 36.0 Å². The fraction of sp³-hybridized carbons (Fsp3) is 0.556. The van der Waals surface area contributed by atoms with Gasteiger partial charge in [0.15, 0.2) is 0 Å². The summed E-state index contributed by atoms with van der Waals surface area (Å²) in [5, 5.41) is 5.58. The summed E-state index contributed by atoms with van der Waals surface area (Å²) in [6.45, 7) is 8.17. The summed E-state index contributed by atoms with van der Waals surface area (Å²) in [5.41, 5.74) is 1.70. The third-order valence-corrected chi connectivity index (χ3v) is 4.02. The fourth-order valence-electron chi connectivity index (χ4n) is 2.82. The van der Waals surface area contributed by atoms with E-state index in [-0.39, 0.29) is 18.0 Å². The van der Waals surface area contributed by atoms with Crippen molar-refractivity contribution in [3.05, 3.63) is 35.4 Å². The molecular weight excluding hydrogens is 290 g/mol. The van der Waals surface area contributed by atoms with Crippen molar-refractivity contribution < 1.29 is 9.59 Å². The molecule has 2 rings (SSSR count). The number of nitrogens with zero attached hydrogens (tertiary/aromatic N) is 1. The molecule has 3 amide bonds. The fourth-order valence-corrected chi connectivity index (χ4v) is 2.82. The summed E-state index contributed by atoms with van der Waals surface area (Å²) in [6.07, 6.45) is 2.28. The Hall–Kier alpha value is -2.04. The number of hydrogen-bond donors (Lipinski definition) is 2. The number of carbonyl (C=O) groups excluding carboxylic acids is 2. The minimum absolute atomic E-state index is 0.105. The number of carbonyl (C=O) groups is 2. The quantitative estimate of drug-likeness (QED) is 0.897. The lowest BCUT2D eigenvalue weighted by Crippen LogP contribution is -2.39. The van der Waals surface area contributed by atoms with Gasteiger partial charge in [-0.3, -0.25) is 4.79 Å². The Morgan fingerprint density at radius 3 is 2.57 bits per heavy atom. The van der Waals surface area contributed by atoms with Crippen molar-refractivity contribution in [2.45, 2.75) is 46.2 Å². The molecule has 1 atom stereocenters. The Morgan fingerprint density at radius 2 is 1.96 bits per heavy atom. The highest BCUT2D eigenvalue weighted by Crippen LogP contribution is 2.18. The average molecular weight is 317 g/mol. The van der Waals surface area contributed by atoms with Crippen LogP contribution >= 0.6 is 0 Å². The number of rotatable bonds is 4. The first kappa shape index (κ1) is 17.3. The van der Waals surface area contributed by atoms with E-state index in [0.717, 1.165) is 30.6 Å². The largest absolute Gasteiger partial charge is 0.338 e. The molecule has 0 aliphatic carbocycles. The van der Waals surface area contributed by atoms with Crippen LogP contribution in [0.25, 0.3) is 0 Å². The Morgan fingerprint density at radius 1 is 1.26 bits per heavy atom. The normalized spacial score (nSPS) is 17.9. The molecule has 1 aromatic rings. The van der Waals surface area contributed by atoms with Gasteiger partial charge in [-0.05, 0) is 50.3 Å². The molecule has 5 heteroatoms. The first-order valence-electron chi connectivity index (χ1n) is 8.38. The Bertz CT molecular complexity index is 540. The van der Waals surface area contributed by atoms with Gasteiger partial charge in [-0.15, -0.1) is 0 Å². The number of benzene rings is 1. The highest BCUT2D eigenvalue weighted by Gasteiger charge is 2.21. The lowest BCUT2D eigenvalue weighted by Gasteiger charge is -2.31. The monoisotopic (exact) mass is 317 g/mol. The highest BCUT2D eigenvalue weighted by molar-refractivity contribution is 5.94. The van der Waals surface area contributed by atoms with Crippen LogP contribution in [0.4, 0.5) is 4.79 Å². The van der Waals surface area contributed by atoms with E-state index < -0.39 is 0 Å². The maximum absolute atomic E-state index is 12.5. The van der Waals surface area contributed by atoms with Crippen LogP contribution in [0.5, 0.6) is 0 Å². The smallest absolute Gasteiger partial charge is 0.315 e. The number of piperidine rings is 1. The van der Waals surface area contributed by atoms with Gasteiger partial charge >= 0.3 is 6.03 Å². The lowest BCUT2D eigenvalue weighted by molar-refractivity contribution is 0.0683. The molecule has 0 spiro atoms. The second kappa shape index (κ2) is 7.99. The molecule has 1 heterocycles. The Labute approximate surface area is 138 Å². The first-order valence-corrected chi connectivity index (χ1v) is 8.38. The maximum Gasteiger partial charge on any atom is 0.315 e. The molecule has 1 aliphatic rings. The number of likely N-dealkylation sites (tertiary alicyclic amines) is 1. The number of nitrogens with one attached hydrogen (secondary N) is 2. The van der Waals surface area contributed by atoms with Crippen molar-refractivity contribution in [1.82, 2.24) is 15.5 Å². The highest BCUT2D eigenvalue weighted by atomic mass is 16.2. The zero-order valence-electron chi connectivity index (χ0n) is 14.3. The van der Waals surface area contributed by atoms with E-state index in [2.05, 4.69) is 17.6 Å². The summed E-state index contributed by atoms with van der Waals surface area (Å²) in [5.74, 6) is 0.684. The molecule has 1 fully saturated rings. The van der Waals surface area contributed by atoms with E-state index in [1.165, 1.54) is 6.42 Å². The van der Waals surface area contributed by atoms with Crippen molar-refractivity contribution in [3.8, 4) is 0 Å². The van der Waals surface area contributed by atoms with E-state index in [4.69, 9.17) is 0 Å². The van der Waals surface area contributed by atoms with Crippen molar-refractivity contribution in [2.24, 2.45) is 5.92 Å². The molecule has 0 radical (unpaired) electrons. The number of urea groups is 1. The topological polar surface area (TPSA) is 61.4 Å². The summed E-state index contributed by atoms with van der Waals surface area (Å²) in [4.78, 5) is 26.0. The van der Waals surface area contributed by atoms with Crippen LogP contribution in [0.2, 0.25) is 0 Å². The van der Waals surface area contributed by atoms with Gasteiger partial charge in [-0.1, -0.05) is 19.1 Å². The van der Waals surface area contributed by atoms with E-state index in [0.29, 0.717) is 12.5 Å². The molecule has 0 bridgehead atoms. The number of amides is 3. The zero-order chi connectivity index (χ0) is 16.8. The molecule has 1 saturated heterocycles. The van der Waals surface area contributed by atoms with Crippen molar-refractivity contribution >= 4 is 11.9 Å². The third-order valence-electron chi connectivity index (χ3n) is 4.02. The molecule has 1 aliphatic heterocycles. The SMILES string of the molecule is CC(C)NC(=O)NCc1ccc(C(=O)N2CCC[C@@H](C)C2)cc1. The molecule has 1 aromatic carbocycles. The van der Waals surface area contributed by atoms with Crippen molar-refractivity contribution in [3.63, 3.8) is 0 Å². The molecule has 0 aromatic heterocycles. The van der Waals surface area contributed by atoms with Gasteiger partial charge in [-0.2, -0.15) is 0 Å². The second-order valence-corrected chi connectivity index (χ2v) is 6.68. The van der Waals surface area contributed by atoms with E-state index >= 15 is 0 Å². The van der Waals surface area contributed by atoms with Gasteiger partial charge in [0.05, 0.1) is 0 Å². The molecule has 0 saturated carbocycles. The molecule has 126 valence electrons. The zero-order valence-corrected chi connectivity index (χ0v) is 14.3. The molecular formula is C18H27N3O2. The first-order chi connectivity index (χ1) is 11.0. The van der Waals surface area contributed by atoms with Crippen molar-refractivity contribution in [1.29, 1.82) is 0 Å². The molecule has 0 unspecified atom stereocenters. The van der Waals surface area contributed by atoms with Crippen LogP contribution in [-0.2, 0) is 6.54 Å². The lowest BCUT2D eigenvalue weighted by atomic mass is 9.99. The summed E-state index contributed by atoms with van der Waals surface area (Å²) in [7, 11) is 0. The van der Waals surface area contributed by atoms with Crippen LogP contribution in [0.15, 0.2) is 24.3 Å². The van der Waals surface area contributed by atoms with Crippen LogP contribution in [0, 0.1) is 5.92 Å². The van der Waals surface area contributed by atoms with Crippen LogP contribution in [0.1, 0.15) is 49.5 Å². The number of hydrogen-bond acceptors (Lipinski definition) is 2. The predicted molar refractivity (Wildman–Crippen MR) is 91.3 cm³/mol. The average Bonchev–Trinajstić information content (AvgIpc) is 2.52. The molecule has 5 nitrogen and oxygen atoms in total. The van der Waals surface area contributed by atoms with Gasteiger partial charge in [0.2, 0.25) is 0 Å². The van der Waals surface area contributed by atoms with Gasteiger partial charge in [0.1, 0.15) is 0 Å². The van der Waals surface area contributed by atoms with Crippen LogP contribution in [0.3, 0.4) is 0 Å². The molecule has 2 N–H and O–H groups in total. The van der Waals surface area contributed by atoms with Crippen LogP contribution < -0.4 is 10.6 Å². The standard InChI is InChI=1S/C18H27N3O2/c1-13(2)20-18(23)19-11-15-6-8-16(9-7-15)17(22)21-10-4-5-14(3)12-21/h6-9,13-14H,4-5,10-12H2,1-3H3,(H2,19,20,23)/t14-/m1/s1. The summed E-state index contributed by atoms with van der Waals surface area (Å²) < 4.78 is 0. The van der Waals surface area contributed by atoms with Gasteiger partial charge in [0.25, 0.3) is 5.91 Å². The van der Waals surface area contributed by atoms with Gasteiger partial charge in [-0.25, -0.2) is 4.79 Å². The molecule has 23 heavy (non-hydrogen) atoms. The predicted octanol–water partition coefficient (Wildman–Crippen LogP) is 2.77. The maximum atomic E-state index is 12.5. The summed E-state index contributed by atoms with van der Waals surface area (Å²) in [6, 6.07) is 7.43.